The minimum absolute atomic E-state index is 0.141. The summed E-state index contributed by atoms with van der Waals surface area (Å²) in [5, 5.41) is 0. The Morgan fingerprint density at radius 1 is 1.00 bits per heavy atom. The predicted molar refractivity (Wildman–Crippen MR) is 49.1 cm³/mol. The van der Waals surface area contributed by atoms with Gasteiger partial charge < -0.3 is 5.73 Å². The lowest BCUT2D eigenvalue weighted by Crippen LogP contribution is -2.24. The molecule has 3 nitrogen and oxygen atoms in total. The van der Waals surface area contributed by atoms with E-state index in [1.165, 1.54) is 0 Å². The number of hydrogen-bond donors (Lipinski definition) is 1. The van der Waals surface area contributed by atoms with Crippen LogP contribution in [0.15, 0.2) is 23.1 Å². The Morgan fingerprint density at radius 2 is 1.50 bits per heavy atom. The van der Waals surface area contributed by atoms with Crippen molar-refractivity contribution in [2.75, 3.05) is 5.73 Å². The van der Waals surface area contributed by atoms with Gasteiger partial charge >= 0.3 is 11.7 Å². The van der Waals surface area contributed by atoms with Crippen LogP contribution in [-0.2, 0) is 16.0 Å². The van der Waals surface area contributed by atoms with Crippen LogP contribution >= 0.6 is 0 Å². The second kappa shape index (κ2) is 4.04. The Labute approximate surface area is 97.1 Å². The zero-order chi connectivity index (χ0) is 14.4. The zero-order valence-electron chi connectivity index (χ0n) is 8.30. The maximum Gasteiger partial charge on any atom is 0.501 e. The van der Waals surface area contributed by atoms with Crippen molar-refractivity contribution in [1.82, 2.24) is 0 Å². The first-order valence-corrected chi connectivity index (χ1v) is 5.64. The Hall–Kier alpha value is -1.45. The van der Waals surface area contributed by atoms with Gasteiger partial charge in [-0.05, 0) is 18.2 Å². The van der Waals surface area contributed by atoms with Crippen LogP contribution in [0.1, 0.15) is 5.56 Å². The van der Waals surface area contributed by atoms with Gasteiger partial charge in [-0.3, -0.25) is 0 Å². The van der Waals surface area contributed by atoms with Crippen molar-refractivity contribution in [3.05, 3.63) is 23.8 Å². The van der Waals surface area contributed by atoms with E-state index in [1.807, 2.05) is 0 Å². The molecule has 0 saturated carbocycles. The predicted octanol–water partition coefficient (Wildman–Crippen LogP) is 2.58. The molecular weight excluding hydrogens is 288 g/mol. The van der Waals surface area contributed by atoms with Gasteiger partial charge in [-0.25, -0.2) is 8.42 Å². The number of nitrogen functional groups attached to an aromatic ring is 1. The Kier molecular flexibility index (Phi) is 3.28. The fourth-order valence-corrected chi connectivity index (χ4v) is 1.87. The summed E-state index contributed by atoms with van der Waals surface area (Å²) in [6, 6.07) is 0.687. The van der Waals surface area contributed by atoms with Gasteiger partial charge in [0.1, 0.15) is 0 Å². The first-order valence-electron chi connectivity index (χ1n) is 4.15. The molecule has 0 unspecified atom stereocenters. The SMILES string of the molecule is Nc1ccc(S(=O)(=O)C(F)(F)F)cc1C(F)(F)F. The van der Waals surface area contributed by atoms with Crippen molar-refractivity contribution in [3.8, 4) is 0 Å². The quantitative estimate of drug-likeness (QED) is 0.639. The molecule has 0 aliphatic heterocycles. The number of hydrogen-bond acceptors (Lipinski definition) is 3. The summed E-state index contributed by atoms with van der Waals surface area (Å²) in [5.41, 5.74) is -3.23. The average Bonchev–Trinajstić information content (AvgIpc) is 2.14. The fourth-order valence-electron chi connectivity index (χ4n) is 1.08. The highest BCUT2D eigenvalue weighted by molar-refractivity contribution is 7.92. The van der Waals surface area contributed by atoms with Gasteiger partial charge in [0.15, 0.2) is 0 Å². The molecule has 1 rings (SSSR count). The molecule has 0 fully saturated rings. The topological polar surface area (TPSA) is 60.2 Å². The minimum Gasteiger partial charge on any atom is -0.398 e. The Bertz CT molecular complexity index is 560. The summed E-state index contributed by atoms with van der Waals surface area (Å²) in [6.45, 7) is 0. The normalized spacial score (nSPS) is 13.7. The number of benzene rings is 1. The van der Waals surface area contributed by atoms with Gasteiger partial charge in [0, 0.05) is 5.69 Å². The van der Waals surface area contributed by atoms with Gasteiger partial charge in [0.25, 0.3) is 9.84 Å². The van der Waals surface area contributed by atoms with Crippen LogP contribution in [0.2, 0.25) is 0 Å². The van der Waals surface area contributed by atoms with E-state index in [-0.39, 0.29) is 6.07 Å². The highest BCUT2D eigenvalue weighted by atomic mass is 32.2. The van der Waals surface area contributed by atoms with Gasteiger partial charge in [0.05, 0.1) is 10.5 Å². The standard InChI is InChI=1S/C8H5F6NO2S/c9-7(10,11)5-3-4(1-2-6(5)15)18(16,17)8(12,13)14/h1-3H,15H2. The lowest BCUT2D eigenvalue weighted by molar-refractivity contribution is -0.137. The maximum atomic E-state index is 12.4. The number of nitrogens with two attached hydrogens (primary N) is 1. The highest BCUT2D eigenvalue weighted by Gasteiger charge is 2.47. The van der Waals surface area contributed by atoms with E-state index in [2.05, 4.69) is 0 Å². The average molecular weight is 293 g/mol. The van der Waals surface area contributed by atoms with Crippen LogP contribution < -0.4 is 5.73 Å². The third-order valence-electron chi connectivity index (χ3n) is 1.95. The molecule has 0 amide bonds. The Balaban J connectivity index is 3.49. The van der Waals surface area contributed by atoms with Gasteiger partial charge in [-0.15, -0.1) is 0 Å². The molecule has 0 saturated heterocycles. The molecule has 0 aliphatic carbocycles. The second-order valence-electron chi connectivity index (χ2n) is 3.20. The molecule has 1 aromatic carbocycles. The second-order valence-corrected chi connectivity index (χ2v) is 5.14. The number of anilines is 1. The van der Waals surface area contributed by atoms with Crippen LogP contribution in [0.3, 0.4) is 0 Å². The van der Waals surface area contributed by atoms with Crippen molar-refractivity contribution in [3.63, 3.8) is 0 Å². The van der Waals surface area contributed by atoms with Crippen molar-refractivity contribution < 1.29 is 34.8 Å². The van der Waals surface area contributed by atoms with E-state index in [9.17, 15) is 34.8 Å². The highest BCUT2D eigenvalue weighted by Crippen LogP contribution is 2.37. The number of alkyl halides is 6. The molecule has 0 heterocycles. The molecule has 0 aromatic heterocycles. The summed E-state index contributed by atoms with van der Waals surface area (Å²) in [7, 11) is -5.83. The van der Waals surface area contributed by atoms with Crippen molar-refractivity contribution >= 4 is 15.5 Å². The summed E-state index contributed by atoms with van der Waals surface area (Å²) in [5.74, 6) is 0. The molecule has 0 radical (unpaired) electrons. The molecule has 10 heteroatoms. The molecule has 0 aliphatic rings. The summed E-state index contributed by atoms with van der Waals surface area (Å²) in [4.78, 5) is -1.50. The summed E-state index contributed by atoms with van der Waals surface area (Å²) >= 11 is 0. The Morgan fingerprint density at radius 3 is 1.89 bits per heavy atom. The van der Waals surface area contributed by atoms with Gasteiger partial charge in [0.2, 0.25) is 0 Å². The fraction of sp³-hybridized carbons (Fsp3) is 0.250. The molecule has 1 aromatic rings. The third-order valence-corrected chi connectivity index (χ3v) is 3.43. The van der Waals surface area contributed by atoms with Crippen LogP contribution in [0.4, 0.5) is 32.0 Å². The minimum atomic E-state index is -5.83. The maximum absolute atomic E-state index is 12.4. The molecule has 2 N–H and O–H groups in total. The lowest BCUT2D eigenvalue weighted by Gasteiger charge is -2.13. The molecule has 0 bridgehead atoms. The summed E-state index contributed by atoms with van der Waals surface area (Å²) in [6.07, 6.45) is -5.04. The van der Waals surface area contributed by atoms with Gasteiger partial charge in [-0.2, -0.15) is 26.3 Å². The number of sulfone groups is 1. The van der Waals surface area contributed by atoms with Crippen molar-refractivity contribution in [2.24, 2.45) is 0 Å². The van der Waals surface area contributed by atoms with E-state index in [1.54, 1.807) is 0 Å². The third kappa shape index (κ3) is 2.52. The first-order chi connectivity index (χ1) is 7.87. The van der Waals surface area contributed by atoms with Crippen molar-refractivity contribution in [1.29, 1.82) is 0 Å². The monoisotopic (exact) mass is 293 g/mol. The lowest BCUT2D eigenvalue weighted by atomic mass is 10.2. The van der Waals surface area contributed by atoms with Crippen LogP contribution in [0.25, 0.3) is 0 Å². The van der Waals surface area contributed by atoms with E-state index in [0.29, 0.717) is 12.1 Å². The van der Waals surface area contributed by atoms with Crippen molar-refractivity contribution in [2.45, 2.75) is 16.6 Å². The largest absolute Gasteiger partial charge is 0.501 e. The molecular formula is C8H5F6NO2S. The van der Waals surface area contributed by atoms with Gasteiger partial charge in [-0.1, -0.05) is 0 Å². The molecule has 102 valence electrons. The van der Waals surface area contributed by atoms with Crippen LogP contribution in [0, 0.1) is 0 Å². The van der Waals surface area contributed by atoms with E-state index in [4.69, 9.17) is 5.73 Å². The van der Waals surface area contributed by atoms with E-state index < -0.39 is 37.7 Å². The number of halogens is 6. The molecule has 18 heavy (non-hydrogen) atoms. The van der Waals surface area contributed by atoms with Crippen LogP contribution in [0.5, 0.6) is 0 Å². The summed E-state index contributed by atoms with van der Waals surface area (Å²) < 4.78 is 95.3. The van der Waals surface area contributed by atoms with E-state index >= 15 is 0 Å². The zero-order valence-corrected chi connectivity index (χ0v) is 9.12. The van der Waals surface area contributed by atoms with Crippen LogP contribution in [-0.4, -0.2) is 13.9 Å². The molecule has 0 spiro atoms. The number of rotatable bonds is 1. The van der Waals surface area contributed by atoms with E-state index in [0.717, 1.165) is 0 Å². The first kappa shape index (κ1) is 14.6. The smallest absolute Gasteiger partial charge is 0.398 e. The molecule has 0 atom stereocenters.